The Morgan fingerprint density at radius 2 is 1.34 bits per heavy atom. The first-order valence-electron chi connectivity index (χ1n) is 32.1. The van der Waals surface area contributed by atoms with Crippen molar-refractivity contribution in [1.82, 2.24) is 59.6 Å². The second kappa shape index (κ2) is 20.7. The summed E-state index contributed by atoms with van der Waals surface area (Å²) >= 11 is 0. The molecule has 1 atom stereocenters. The van der Waals surface area contributed by atoms with Crippen molar-refractivity contribution in [3.05, 3.63) is 87.5 Å². The molecule has 3 aromatic heterocycles. The Balaban J connectivity index is 0.619. The van der Waals surface area contributed by atoms with Crippen LogP contribution in [0.25, 0.3) is 11.1 Å². The Bertz CT molecular complexity index is 3480. The van der Waals surface area contributed by atoms with Crippen molar-refractivity contribution >= 4 is 34.8 Å². The number of nitrogens with one attached hydrogen (secondary N) is 2. The quantitative estimate of drug-likeness (QED) is 0.117. The first kappa shape index (κ1) is 54.2. The van der Waals surface area contributed by atoms with Crippen molar-refractivity contribution in [2.75, 3.05) is 94.9 Å². The zero-order valence-electron chi connectivity index (χ0n) is 49.5. The van der Waals surface area contributed by atoms with Crippen LogP contribution in [0.2, 0.25) is 0 Å². The van der Waals surface area contributed by atoms with Crippen LogP contribution in [0.1, 0.15) is 141 Å². The van der Waals surface area contributed by atoms with Crippen molar-refractivity contribution in [1.29, 1.82) is 5.26 Å². The molecule has 2 N–H and O–H groups in total. The smallest absolute Gasteiger partial charge is 0.264 e. The molecule has 16 rings (SSSR count). The molecule has 18 nitrogen and oxygen atoms in total. The van der Waals surface area contributed by atoms with Gasteiger partial charge in [0.15, 0.2) is 11.6 Å². The fourth-order valence-corrected chi connectivity index (χ4v) is 18.1. The molecule has 3 aliphatic carbocycles. The summed E-state index contributed by atoms with van der Waals surface area (Å²) in [5.41, 5.74) is 11.8. The Morgan fingerprint density at radius 3 is 1.94 bits per heavy atom. The maximum absolute atomic E-state index is 15.6. The van der Waals surface area contributed by atoms with Gasteiger partial charge in [-0.3, -0.25) is 23.9 Å². The number of ether oxygens (including phenoxy) is 1. The molecule has 2 aromatic carbocycles. The summed E-state index contributed by atoms with van der Waals surface area (Å²) in [6.07, 6.45) is 14.7. The number of halogens is 2. The molecule has 2 amide bonds. The van der Waals surface area contributed by atoms with E-state index >= 15 is 8.78 Å². The molecule has 1 unspecified atom stereocenters. The van der Waals surface area contributed by atoms with E-state index in [0.29, 0.717) is 77.6 Å². The Labute approximate surface area is 496 Å². The van der Waals surface area contributed by atoms with E-state index in [0.717, 1.165) is 161 Å². The first-order chi connectivity index (χ1) is 41.3. The summed E-state index contributed by atoms with van der Waals surface area (Å²) in [6, 6.07) is 12.5. The number of likely N-dealkylation sites (tertiary alicyclic amines) is 2. The van der Waals surface area contributed by atoms with Gasteiger partial charge in [-0.25, -0.2) is 13.5 Å². The lowest BCUT2D eigenvalue weighted by atomic mass is 9.57. The molecular weight excluding hydrogens is 1080 g/mol. The van der Waals surface area contributed by atoms with Gasteiger partial charge in [-0.15, -0.1) is 0 Å². The third-order valence-electron chi connectivity index (χ3n) is 22.5. The molecule has 20 heteroatoms. The molecule has 3 spiro atoms. The molecule has 448 valence electrons. The number of carbonyl (C=O) groups excluding carboxylic acids is 2. The highest BCUT2D eigenvalue weighted by atomic mass is 19.3. The summed E-state index contributed by atoms with van der Waals surface area (Å²) in [7, 11) is 0. The zero-order chi connectivity index (χ0) is 57.5. The number of rotatable bonds is 13. The van der Waals surface area contributed by atoms with E-state index in [9.17, 15) is 14.9 Å². The molecule has 7 fully saturated rings. The van der Waals surface area contributed by atoms with Gasteiger partial charge < -0.3 is 39.9 Å². The Kier molecular flexibility index (Phi) is 13.2. The maximum atomic E-state index is 15.6. The summed E-state index contributed by atoms with van der Waals surface area (Å²) in [6.45, 7) is 17.1. The van der Waals surface area contributed by atoms with Crippen molar-refractivity contribution in [3.8, 4) is 17.2 Å². The van der Waals surface area contributed by atoms with Gasteiger partial charge in [0.2, 0.25) is 11.8 Å². The number of anilines is 4. The number of hydrogen-bond acceptors (Lipinski definition) is 13. The van der Waals surface area contributed by atoms with Crippen molar-refractivity contribution in [2.24, 2.45) is 28.1 Å². The van der Waals surface area contributed by atoms with Crippen molar-refractivity contribution in [2.45, 2.75) is 148 Å². The predicted octanol–water partition coefficient (Wildman–Crippen LogP) is 8.00. The van der Waals surface area contributed by atoms with E-state index in [-0.39, 0.29) is 36.4 Å². The third-order valence-corrected chi connectivity index (χ3v) is 22.5. The number of benzene rings is 2. The highest BCUT2D eigenvalue weighted by Gasteiger charge is 2.56. The molecule has 3 saturated carbocycles. The summed E-state index contributed by atoms with van der Waals surface area (Å²) in [5, 5.41) is 32.4. The molecule has 11 aliphatic rings. The normalized spacial score (nSPS) is 25.2. The van der Waals surface area contributed by atoms with Crippen molar-refractivity contribution < 1.29 is 23.1 Å². The van der Waals surface area contributed by atoms with Crippen LogP contribution in [-0.2, 0) is 59.8 Å². The van der Waals surface area contributed by atoms with Gasteiger partial charge >= 0.3 is 0 Å². The van der Waals surface area contributed by atoms with E-state index < -0.39 is 6.43 Å². The number of nitrogens with zero attached hydrogens (tertiary/aromatic N) is 13. The minimum absolute atomic E-state index is 0.0204. The number of carbonyl (C=O) groups is 2. The minimum atomic E-state index is -2.72. The lowest BCUT2D eigenvalue weighted by molar-refractivity contribution is -0.177. The average molecular weight is 1160 g/mol. The van der Waals surface area contributed by atoms with Gasteiger partial charge in [0.25, 0.3) is 6.43 Å². The molecule has 85 heavy (non-hydrogen) atoms. The van der Waals surface area contributed by atoms with Crippen LogP contribution in [0.5, 0.6) is 0 Å². The van der Waals surface area contributed by atoms with E-state index in [1.165, 1.54) is 57.0 Å². The number of alkyl halides is 2. The van der Waals surface area contributed by atoms with Gasteiger partial charge in [-0.05, 0) is 146 Å². The Morgan fingerprint density at radius 1 is 0.729 bits per heavy atom. The van der Waals surface area contributed by atoms with Gasteiger partial charge in [-0.1, -0.05) is 0 Å². The molecule has 0 radical (unpaired) electrons. The number of nitriles is 1. The lowest BCUT2D eigenvalue weighted by Gasteiger charge is -2.62. The number of fused-ring (bicyclic) bond motifs is 4. The largest absolute Gasteiger partial charge is 0.341 e. The summed E-state index contributed by atoms with van der Waals surface area (Å²) in [5.74, 6) is 3.08. The second-order valence-corrected chi connectivity index (χ2v) is 28.2. The van der Waals surface area contributed by atoms with Crippen molar-refractivity contribution in [3.63, 3.8) is 0 Å². The van der Waals surface area contributed by atoms with Crippen LogP contribution in [-0.4, -0.2) is 152 Å². The van der Waals surface area contributed by atoms with E-state index in [1.807, 2.05) is 34.2 Å². The second-order valence-electron chi connectivity index (χ2n) is 28.2. The van der Waals surface area contributed by atoms with Gasteiger partial charge in [0, 0.05) is 169 Å². The number of hydrogen-bond donors (Lipinski definition) is 2. The van der Waals surface area contributed by atoms with Crippen LogP contribution in [0.15, 0.2) is 42.7 Å². The average Bonchev–Trinajstić information content (AvgIpc) is 1.92. The molecule has 11 heterocycles. The zero-order valence-corrected chi connectivity index (χ0v) is 49.5. The van der Waals surface area contributed by atoms with Crippen LogP contribution in [0.4, 0.5) is 31.8 Å². The first-order valence-corrected chi connectivity index (χ1v) is 32.1. The van der Waals surface area contributed by atoms with Gasteiger partial charge in [0.1, 0.15) is 13.0 Å². The van der Waals surface area contributed by atoms with Crippen LogP contribution in [0.3, 0.4) is 0 Å². The molecule has 8 aliphatic heterocycles. The van der Waals surface area contributed by atoms with E-state index in [4.69, 9.17) is 20.0 Å². The number of amides is 2. The number of aryl methyl sites for hydroxylation is 2. The molecular formula is C65H81F2N15O3. The maximum Gasteiger partial charge on any atom is 0.264 e. The van der Waals surface area contributed by atoms with Crippen LogP contribution in [0, 0.1) is 39.4 Å². The molecule has 5 aromatic rings. The van der Waals surface area contributed by atoms with Gasteiger partial charge in [0.05, 0.1) is 43.0 Å². The SMILES string of the molecule is CC(=O)N1CCc2c(c(N3CCCc4cc(C#N)ccc43)nn2C2CCN(C(OCn3cc(-c4cc5c(cc4C(F)F)N(c4nn(C6CC7(C6)CN(CC6CC8(CNC8)C6)C7)c6c4CN(C(C)=O)CC6)CCC5)cn3)C3CC4(CNC4)C3)CC2)C1. The molecule has 0 bridgehead atoms. The highest BCUT2D eigenvalue weighted by Crippen LogP contribution is 2.57. The van der Waals surface area contributed by atoms with Gasteiger partial charge in [-0.2, -0.15) is 20.6 Å². The highest BCUT2D eigenvalue weighted by molar-refractivity contribution is 5.79. The van der Waals surface area contributed by atoms with Crippen LogP contribution < -0.4 is 20.4 Å². The Hall–Kier alpha value is -6.24. The monoisotopic (exact) mass is 1160 g/mol. The minimum Gasteiger partial charge on any atom is -0.341 e. The number of piperidine rings is 1. The third kappa shape index (κ3) is 9.33. The fraction of sp³-hybridized carbons (Fsp3) is 0.631. The van der Waals surface area contributed by atoms with E-state index in [1.54, 1.807) is 30.8 Å². The lowest BCUT2D eigenvalue weighted by Crippen LogP contribution is -2.66. The summed E-state index contributed by atoms with van der Waals surface area (Å²) < 4.78 is 44.6. The van der Waals surface area contributed by atoms with E-state index in [2.05, 4.69) is 51.7 Å². The topological polar surface area (TPSA) is 164 Å². The van der Waals surface area contributed by atoms with Crippen LogP contribution >= 0.6 is 0 Å². The molecule has 4 saturated heterocycles. The number of aromatic nitrogens is 6. The fourth-order valence-electron chi connectivity index (χ4n) is 18.1. The predicted molar refractivity (Wildman–Crippen MR) is 316 cm³/mol. The summed E-state index contributed by atoms with van der Waals surface area (Å²) in [4.78, 5) is 39.3. The standard InChI is InChI=1S/C65H81F2N15O3/c1-41(83)76-17-11-56-53(32-76)60(79-13-3-5-45-19-43(28-68)7-8-55(45)79)72-81(56)49-9-15-75(16-10-49)62(47-24-64(25-47)36-70-37-64)85-40-78-31-48(29-71-78)51-20-46-6-4-14-80(58(46)21-52(51)59(66)67)61-54-33-77(42(2)84)18-12-57(54)82(73-61)50-26-65(27-50)38-74(39-65)30-44-22-63(23-44)34-69-35-63/h7-8,19-21,29,31,44,47,49-50,59,62,69-70H,3-6,9-18,22-27,30,32-40H2,1-2H3.